The van der Waals surface area contributed by atoms with Gasteiger partial charge in [-0.3, -0.25) is 4.79 Å². The van der Waals surface area contributed by atoms with Crippen molar-refractivity contribution in [1.29, 1.82) is 0 Å². The van der Waals surface area contributed by atoms with Gasteiger partial charge in [-0.05, 0) is 36.5 Å². The molecular weight excluding hydrogens is 271 g/mol. The summed E-state index contributed by atoms with van der Waals surface area (Å²) < 4.78 is 23.7. The Morgan fingerprint density at radius 3 is 2.81 bits per heavy atom. The lowest BCUT2D eigenvalue weighted by Gasteiger charge is -2.03. The normalized spacial score (nSPS) is 23.5. The molecule has 0 spiro atoms. The van der Waals surface area contributed by atoms with Crippen molar-refractivity contribution in [2.24, 2.45) is 17.3 Å². The predicted molar refractivity (Wildman–Crippen MR) is 76.7 cm³/mol. The van der Waals surface area contributed by atoms with E-state index in [1.165, 1.54) is 13.0 Å². The van der Waals surface area contributed by atoms with Gasteiger partial charge in [0.15, 0.2) is 0 Å². The van der Waals surface area contributed by atoms with Crippen LogP contribution in [0.3, 0.4) is 0 Å². The zero-order valence-corrected chi connectivity index (χ0v) is 12.5. The summed E-state index contributed by atoms with van der Waals surface area (Å²) in [5, 5.41) is 0. The van der Waals surface area contributed by atoms with Crippen LogP contribution in [0.15, 0.2) is 28.5 Å². The maximum Gasteiger partial charge on any atom is 0.310 e. The topological polar surface area (TPSA) is 39.4 Å². The standard InChI is InChI=1S/C17H19FO3/c1-5-6-12-7-8-13(21-12)10-20-16(19)15-14(9-11(2)18)17(15,3)4/h1,7-9,14-15H,6,10H2,2-4H3/b11-9+. The first-order valence-corrected chi connectivity index (χ1v) is 6.88. The molecule has 1 aromatic heterocycles. The first-order chi connectivity index (χ1) is 9.86. The van der Waals surface area contributed by atoms with Crippen molar-refractivity contribution in [1.82, 2.24) is 0 Å². The molecule has 0 amide bonds. The molecule has 2 atom stereocenters. The first kappa shape index (κ1) is 15.4. The van der Waals surface area contributed by atoms with E-state index in [9.17, 15) is 9.18 Å². The zero-order valence-electron chi connectivity index (χ0n) is 12.5. The number of allylic oxidation sites excluding steroid dienone is 2. The molecule has 2 rings (SSSR count). The second-order valence-electron chi connectivity index (χ2n) is 5.93. The third kappa shape index (κ3) is 3.36. The second-order valence-corrected chi connectivity index (χ2v) is 5.93. The number of furan rings is 1. The number of esters is 1. The maximum atomic E-state index is 13.0. The lowest BCUT2D eigenvalue weighted by Crippen LogP contribution is -2.10. The number of hydrogen-bond acceptors (Lipinski definition) is 3. The molecule has 0 saturated heterocycles. The minimum Gasteiger partial charge on any atom is -0.461 e. The van der Waals surface area contributed by atoms with E-state index in [1.807, 2.05) is 13.8 Å². The smallest absolute Gasteiger partial charge is 0.310 e. The number of carbonyl (C=O) groups is 1. The van der Waals surface area contributed by atoms with Gasteiger partial charge < -0.3 is 9.15 Å². The Bertz CT molecular complexity index is 600. The van der Waals surface area contributed by atoms with Gasteiger partial charge in [0, 0.05) is 0 Å². The largest absolute Gasteiger partial charge is 0.461 e. The Morgan fingerprint density at radius 2 is 2.19 bits per heavy atom. The molecule has 3 nitrogen and oxygen atoms in total. The summed E-state index contributed by atoms with van der Waals surface area (Å²) in [4.78, 5) is 12.1. The highest BCUT2D eigenvalue weighted by atomic mass is 19.1. The van der Waals surface area contributed by atoms with Crippen LogP contribution in [0.2, 0.25) is 0 Å². The van der Waals surface area contributed by atoms with Crippen LogP contribution in [-0.2, 0) is 22.6 Å². The molecule has 4 heteroatoms. The van der Waals surface area contributed by atoms with E-state index in [2.05, 4.69) is 5.92 Å². The average molecular weight is 290 g/mol. The van der Waals surface area contributed by atoms with Gasteiger partial charge in [0.2, 0.25) is 0 Å². The number of ether oxygens (including phenoxy) is 1. The molecule has 1 aromatic rings. The number of hydrogen-bond donors (Lipinski definition) is 0. The molecule has 1 aliphatic rings. The minimum atomic E-state index is -0.322. The van der Waals surface area contributed by atoms with E-state index in [-0.39, 0.29) is 35.7 Å². The molecule has 112 valence electrons. The summed E-state index contributed by atoms with van der Waals surface area (Å²) >= 11 is 0. The van der Waals surface area contributed by atoms with Crippen LogP contribution in [0, 0.1) is 29.6 Å². The number of halogens is 1. The Morgan fingerprint density at radius 1 is 1.52 bits per heavy atom. The van der Waals surface area contributed by atoms with Gasteiger partial charge in [-0.2, -0.15) is 0 Å². The highest BCUT2D eigenvalue weighted by Gasteiger charge is 2.61. The molecule has 1 saturated carbocycles. The fourth-order valence-electron chi connectivity index (χ4n) is 2.61. The molecule has 1 heterocycles. The maximum absolute atomic E-state index is 13.0. The van der Waals surface area contributed by atoms with Crippen LogP contribution in [0.4, 0.5) is 4.39 Å². The molecule has 0 radical (unpaired) electrons. The van der Waals surface area contributed by atoms with E-state index < -0.39 is 0 Å². The van der Waals surface area contributed by atoms with E-state index in [0.717, 1.165) is 0 Å². The number of carbonyl (C=O) groups excluding carboxylic acids is 1. The fraction of sp³-hybridized carbons (Fsp3) is 0.471. The van der Waals surface area contributed by atoms with Crippen molar-refractivity contribution >= 4 is 5.97 Å². The Kier molecular flexibility index (Phi) is 4.22. The van der Waals surface area contributed by atoms with Crippen LogP contribution in [0.1, 0.15) is 32.3 Å². The second kappa shape index (κ2) is 5.77. The van der Waals surface area contributed by atoms with E-state index in [4.69, 9.17) is 15.6 Å². The molecule has 0 N–H and O–H groups in total. The monoisotopic (exact) mass is 290 g/mol. The highest BCUT2D eigenvalue weighted by Crippen LogP contribution is 2.59. The lowest BCUT2D eigenvalue weighted by molar-refractivity contribution is -0.148. The van der Waals surface area contributed by atoms with Crippen molar-refractivity contribution in [3.63, 3.8) is 0 Å². The summed E-state index contributed by atoms with van der Waals surface area (Å²) in [7, 11) is 0. The molecule has 1 aliphatic carbocycles. The van der Waals surface area contributed by atoms with Crippen molar-refractivity contribution in [2.75, 3.05) is 0 Å². The lowest BCUT2D eigenvalue weighted by atomic mass is 10.1. The van der Waals surface area contributed by atoms with Crippen LogP contribution < -0.4 is 0 Å². The fourth-order valence-corrected chi connectivity index (χ4v) is 2.61. The third-order valence-corrected chi connectivity index (χ3v) is 3.92. The Balaban J connectivity index is 1.91. The van der Waals surface area contributed by atoms with Gasteiger partial charge in [-0.15, -0.1) is 6.42 Å². The molecule has 0 aromatic carbocycles. The Hall–Kier alpha value is -2.02. The van der Waals surface area contributed by atoms with E-state index in [1.54, 1.807) is 12.1 Å². The average Bonchev–Trinajstić information content (AvgIpc) is 2.75. The first-order valence-electron chi connectivity index (χ1n) is 6.88. The SMILES string of the molecule is C#CCc1ccc(COC(=O)C2C(/C=C(\C)F)C2(C)C)o1. The summed E-state index contributed by atoms with van der Waals surface area (Å²) in [6.45, 7) is 5.32. The summed E-state index contributed by atoms with van der Waals surface area (Å²) in [6.07, 6.45) is 7.09. The van der Waals surface area contributed by atoms with Gasteiger partial charge in [0.1, 0.15) is 18.1 Å². The van der Waals surface area contributed by atoms with E-state index >= 15 is 0 Å². The van der Waals surface area contributed by atoms with Gasteiger partial charge >= 0.3 is 5.97 Å². The summed E-state index contributed by atoms with van der Waals surface area (Å²) in [5.41, 5.74) is -0.262. The van der Waals surface area contributed by atoms with Gasteiger partial charge in [-0.25, -0.2) is 4.39 Å². The van der Waals surface area contributed by atoms with E-state index in [0.29, 0.717) is 17.9 Å². The number of rotatable bonds is 5. The summed E-state index contributed by atoms with van der Waals surface area (Å²) in [6, 6.07) is 3.50. The van der Waals surface area contributed by atoms with Crippen molar-refractivity contribution in [3.05, 3.63) is 35.6 Å². The van der Waals surface area contributed by atoms with Crippen LogP contribution >= 0.6 is 0 Å². The third-order valence-electron chi connectivity index (χ3n) is 3.92. The highest BCUT2D eigenvalue weighted by molar-refractivity contribution is 5.78. The number of terminal acetylenes is 1. The zero-order chi connectivity index (χ0) is 15.6. The molecule has 1 fully saturated rings. The van der Waals surface area contributed by atoms with Crippen molar-refractivity contribution in [3.8, 4) is 12.3 Å². The predicted octanol–water partition coefficient (Wildman–Crippen LogP) is 3.64. The van der Waals surface area contributed by atoms with Crippen LogP contribution in [-0.4, -0.2) is 5.97 Å². The van der Waals surface area contributed by atoms with Gasteiger partial charge in [0.25, 0.3) is 0 Å². The van der Waals surface area contributed by atoms with Crippen LogP contribution in [0.25, 0.3) is 0 Å². The van der Waals surface area contributed by atoms with Crippen LogP contribution in [0.5, 0.6) is 0 Å². The molecule has 2 unspecified atom stereocenters. The molecule has 0 bridgehead atoms. The summed E-state index contributed by atoms with van der Waals surface area (Å²) in [5.74, 6) is 2.71. The Labute approximate surface area is 124 Å². The minimum absolute atomic E-state index is 0.0705. The van der Waals surface area contributed by atoms with Gasteiger partial charge in [-0.1, -0.05) is 19.8 Å². The quantitative estimate of drug-likeness (QED) is 0.614. The van der Waals surface area contributed by atoms with Crippen molar-refractivity contribution in [2.45, 2.75) is 33.8 Å². The molecule has 0 aliphatic heterocycles. The van der Waals surface area contributed by atoms with Crippen molar-refractivity contribution < 1.29 is 18.3 Å². The molecule has 21 heavy (non-hydrogen) atoms. The molecular formula is C17H19FO3. The van der Waals surface area contributed by atoms with Gasteiger partial charge in [0.05, 0.1) is 18.2 Å².